The van der Waals surface area contributed by atoms with E-state index in [1.165, 1.54) is 18.2 Å². The zero-order chi connectivity index (χ0) is 20.1. The zero-order valence-corrected chi connectivity index (χ0v) is 16.0. The first-order valence-corrected chi connectivity index (χ1v) is 9.21. The summed E-state index contributed by atoms with van der Waals surface area (Å²) in [4.78, 5) is 28.6. The van der Waals surface area contributed by atoms with Crippen LogP contribution in [0, 0.1) is 12.7 Å². The minimum Gasteiger partial charge on any atom is -0.483 e. The van der Waals surface area contributed by atoms with E-state index in [1.54, 1.807) is 32.0 Å². The number of rotatable bonds is 7. The number of carbonyl (C=O) groups excluding carboxylic acids is 2. The third kappa shape index (κ3) is 4.55. The summed E-state index contributed by atoms with van der Waals surface area (Å²) in [5, 5.41) is 2.83. The number of anilines is 1. The van der Waals surface area contributed by atoms with E-state index in [1.807, 2.05) is 0 Å². The van der Waals surface area contributed by atoms with E-state index in [0.29, 0.717) is 16.3 Å². The summed E-state index contributed by atoms with van der Waals surface area (Å²) in [5.74, 6) is -1.00. The van der Waals surface area contributed by atoms with Gasteiger partial charge < -0.3 is 13.9 Å². The van der Waals surface area contributed by atoms with Crippen LogP contribution < -0.4 is 10.1 Å². The van der Waals surface area contributed by atoms with Gasteiger partial charge in [0.25, 0.3) is 5.91 Å². The van der Waals surface area contributed by atoms with Crippen LogP contribution in [0.15, 0.2) is 40.8 Å². The maximum Gasteiger partial charge on any atom is 0.350 e. The molecule has 0 saturated heterocycles. The summed E-state index contributed by atoms with van der Waals surface area (Å²) in [6.45, 7) is 3.59. The third-order valence-electron chi connectivity index (χ3n) is 3.57. The van der Waals surface area contributed by atoms with E-state index in [4.69, 9.17) is 13.9 Å². The largest absolute Gasteiger partial charge is 0.483 e. The summed E-state index contributed by atoms with van der Waals surface area (Å²) >= 11 is 1.02. The number of hydrogen-bond acceptors (Lipinski definition) is 7. The summed E-state index contributed by atoms with van der Waals surface area (Å²) in [5.41, 5.74) is 0.470. The van der Waals surface area contributed by atoms with Gasteiger partial charge in [-0.15, -0.1) is 0 Å². The van der Waals surface area contributed by atoms with Gasteiger partial charge >= 0.3 is 5.97 Å². The fraction of sp³-hybridized carbons (Fsp3) is 0.211. The maximum atomic E-state index is 13.5. The number of nitrogens with one attached hydrogen (secondary N) is 1. The predicted molar refractivity (Wildman–Crippen MR) is 100 cm³/mol. The predicted octanol–water partition coefficient (Wildman–Crippen LogP) is 4.19. The first-order valence-electron chi connectivity index (χ1n) is 8.40. The molecule has 3 aromatic rings. The second-order valence-electron chi connectivity index (χ2n) is 5.59. The molecule has 28 heavy (non-hydrogen) atoms. The lowest BCUT2D eigenvalue weighted by Crippen LogP contribution is -2.10. The second kappa shape index (κ2) is 8.66. The number of nitrogens with zero attached hydrogens (tertiary/aromatic N) is 1. The molecule has 1 amide bonds. The molecule has 0 bridgehead atoms. The molecule has 3 rings (SSSR count). The molecule has 0 radical (unpaired) electrons. The molecule has 1 aromatic carbocycles. The number of furan rings is 1. The minimum absolute atomic E-state index is 0.0302. The van der Waals surface area contributed by atoms with Crippen molar-refractivity contribution in [3.63, 3.8) is 0 Å². The Labute approximate surface area is 164 Å². The van der Waals surface area contributed by atoms with Crippen LogP contribution in [0.2, 0.25) is 0 Å². The number of amides is 1. The number of thiazole rings is 1. The quantitative estimate of drug-likeness (QED) is 0.594. The minimum atomic E-state index is -0.527. The fourth-order valence-corrected chi connectivity index (χ4v) is 3.14. The topological polar surface area (TPSA) is 90.7 Å². The van der Waals surface area contributed by atoms with Gasteiger partial charge in [0, 0.05) is 0 Å². The lowest BCUT2D eigenvalue weighted by atomic mass is 10.3. The maximum absolute atomic E-state index is 13.5. The molecule has 146 valence electrons. The number of carbonyl (C=O) groups is 2. The number of esters is 1. The first-order chi connectivity index (χ1) is 13.5. The van der Waals surface area contributed by atoms with Crippen molar-refractivity contribution < 1.29 is 27.9 Å². The molecule has 0 fully saturated rings. The Kier molecular flexibility index (Phi) is 6.05. The van der Waals surface area contributed by atoms with Crippen molar-refractivity contribution in [3.05, 3.63) is 64.3 Å². The lowest BCUT2D eigenvalue weighted by molar-refractivity contribution is 0.0531. The molecule has 0 unspecified atom stereocenters. The van der Waals surface area contributed by atoms with Crippen molar-refractivity contribution in [1.82, 2.24) is 4.98 Å². The standard InChI is InChI=1S/C19H17FN2O5S/c1-3-25-18(24)16-11(2)21-19(28-16)22-17(23)15-9-8-12(27-15)10-26-14-7-5-4-6-13(14)20/h4-9H,3,10H2,1-2H3,(H,21,22,23). The van der Waals surface area contributed by atoms with E-state index in [9.17, 15) is 14.0 Å². The highest BCUT2D eigenvalue weighted by molar-refractivity contribution is 7.17. The molecule has 2 heterocycles. The van der Waals surface area contributed by atoms with Gasteiger partial charge in [0.1, 0.15) is 17.2 Å². The van der Waals surface area contributed by atoms with Crippen molar-refractivity contribution in [2.24, 2.45) is 0 Å². The highest BCUT2D eigenvalue weighted by atomic mass is 32.1. The van der Waals surface area contributed by atoms with Gasteiger partial charge in [-0.1, -0.05) is 23.5 Å². The molecule has 0 aliphatic rings. The molecule has 2 aromatic heterocycles. The Morgan fingerprint density at radius 3 is 2.79 bits per heavy atom. The van der Waals surface area contributed by atoms with Crippen LogP contribution in [-0.2, 0) is 11.3 Å². The van der Waals surface area contributed by atoms with Crippen LogP contribution in [-0.4, -0.2) is 23.5 Å². The lowest BCUT2D eigenvalue weighted by Gasteiger charge is -2.04. The highest BCUT2D eigenvalue weighted by Gasteiger charge is 2.19. The Morgan fingerprint density at radius 1 is 1.25 bits per heavy atom. The van der Waals surface area contributed by atoms with E-state index < -0.39 is 17.7 Å². The SMILES string of the molecule is CCOC(=O)c1sc(NC(=O)c2ccc(COc3ccccc3F)o2)nc1C. The first kappa shape index (κ1) is 19.6. The fourth-order valence-electron chi connectivity index (χ4n) is 2.28. The van der Waals surface area contributed by atoms with E-state index >= 15 is 0 Å². The average molecular weight is 404 g/mol. The summed E-state index contributed by atoms with van der Waals surface area (Å²) in [6.07, 6.45) is 0. The van der Waals surface area contributed by atoms with Gasteiger partial charge in [0.15, 0.2) is 22.5 Å². The van der Waals surface area contributed by atoms with Crippen LogP contribution >= 0.6 is 11.3 Å². The van der Waals surface area contributed by atoms with Crippen LogP contribution in [0.1, 0.15) is 38.6 Å². The van der Waals surface area contributed by atoms with Crippen LogP contribution in [0.25, 0.3) is 0 Å². The normalized spacial score (nSPS) is 10.5. The van der Waals surface area contributed by atoms with Gasteiger partial charge in [-0.25, -0.2) is 14.2 Å². The Balaban J connectivity index is 1.62. The zero-order valence-electron chi connectivity index (χ0n) is 15.2. The van der Waals surface area contributed by atoms with Crippen molar-refractivity contribution in [1.29, 1.82) is 0 Å². The average Bonchev–Trinajstić information content (AvgIpc) is 3.28. The molecule has 0 saturated carbocycles. The number of hydrogen-bond donors (Lipinski definition) is 1. The molecule has 0 spiro atoms. The Morgan fingerprint density at radius 2 is 2.04 bits per heavy atom. The van der Waals surface area contributed by atoms with Crippen LogP contribution in [0.5, 0.6) is 5.75 Å². The third-order valence-corrected chi connectivity index (χ3v) is 4.62. The molecule has 1 N–H and O–H groups in total. The van der Waals surface area contributed by atoms with Crippen LogP contribution in [0.4, 0.5) is 9.52 Å². The molecule has 9 heteroatoms. The molecule has 0 aliphatic heterocycles. The van der Waals surface area contributed by atoms with Crippen molar-refractivity contribution >= 4 is 28.3 Å². The summed E-state index contributed by atoms with van der Waals surface area (Å²) in [6, 6.07) is 9.04. The smallest absolute Gasteiger partial charge is 0.350 e. The molecular weight excluding hydrogens is 387 g/mol. The van der Waals surface area contributed by atoms with E-state index in [2.05, 4.69) is 10.3 Å². The number of halogens is 1. The van der Waals surface area contributed by atoms with Crippen molar-refractivity contribution in [2.45, 2.75) is 20.5 Å². The van der Waals surface area contributed by atoms with Crippen molar-refractivity contribution in [2.75, 3.05) is 11.9 Å². The van der Waals surface area contributed by atoms with Gasteiger partial charge in [0.05, 0.1) is 12.3 Å². The summed E-state index contributed by atoms with van der Waals surface area (Å²) in [7, 11) is 0. The number of aromatic nitrogens is 1. The van der Waals surface area contributed by atoms with Crippen molar-refractivity contribution in [3.8, 4) is 5.75 Å². The van der Waals surface area contributed by atoms with Gasteiger partial charge in [0.2, 0.25) is 0 Å². The highest BCUT2D eigenvalue weighted by Crippen LogP contribution is 2.24. The van der Waals surface area contributed by atoms with E-state index in [-0.39, 0.29) is 29.9 Å². The molecule has 0 aliphatic carbocycles. The number of ether oxygens (including phenoxy) is 2. The van der Waals surface area contributed by atoms with Gasteiger partial charge in [-0.2, -0.15) is 0 Å². The molecule has 0 atom stereocenters. The molecular formula is C19H17FN2O5S. The Hall–Kier alpha value is -3.20. The number of aryl methyl sites for hydroxylation is 1. The monoisotopic (exact) mass is 404 g/mol. The van der Waals surface area contributed by atoms with Gasteiger partial charge in [-0.3, -0.25) is 10.1 Å². The second-order valence-corrected chi connectivity index (χ2v) is 6.59. The van der Waals surface area contributed by atoms with Gasteiger partial charge in [-0.05, 0) is 38.1 Å². The van der Waals surface area contributed by atoms with E-state index in [0.717, 1.165) is 11.3 Å². The Bertz CT molecular complexity index is 998. The summed E-state index contributed by atoms with van der Waals surface area (Å²) < 4.78 is 29.3. The molecule has 7 nitrogen and oxygen atoms in total. The van der Waals surface area contributed by atoms with Crippen LogP contribution in [0.3, 0.4) is 0 Å². The number of benzene rings is 1. The number of para-hydroxylation sites is 1.